The molecule has 11 heteroatoms. The van der Waals surface area contributed by atoms with Crippen LogP contribution < -0.4 is 10.2 Å². The molecule has 0 bridgehead atoms. The number of hydrogen-bond donors (Lipinski definition) is 2. The van der Waals surface area contributed by atoms with Crippen LogP contribution in [0.1, 0.15) is 52.5 Å². The van der Waals surface area contributed by atoms with Crippen LogP contribution in [-0.4, -0.2) is 44.3 Å². The van der Waals surface area contributed by atoms with Crippen LogP contribution in [-0.2, 0) is 26.3 Å². The summed E-state index contributed by atoms with van der Waals surface area (Å²) < 4.78 is 59.8. The Labute approximate surface area is 177 Å². The molecule has 1 saturated heterocycles. The number of halogens is 3. The Morgan fingerprint density at radius 2 is 1.77 bits per heavy atom. The van der Waals surface area contributed by atoms with Gasteiger partial charge in [-0.05, 0) is 50.5 Å². The third kappa shape index (κ3) is 6.93. The molecule has 30 heavy (non-hydrogen) atoms. The number of ether oxygens (including phenoxy) is 1. The number of rotatable bonds is 7. The molecule has 1 aromatic carbocycles. The Bertz CT molecular complexity index is 694. The summed E-state index contributed by atoms with van der Waals surface area (Å²) in [5.41, 5.74) is 0.762. The fraction of sp³-hybridized carbons (Fsp3) is 0.632. The molecule has 1 amide bonds. The van der Waals surface area contributed by atoms with Crippen molar-refractivity contribution in [1.29, 1.82) is 0 Å². The largest absolute Gasteiger partial charge is 0.490 e. The molecule has 0 spiro atoms. The van der Waals surface area contributed by atoms with Crippen molar-refractivity contribution in [2.45, 2.75) is 64.0 Å². The fourth-order valence-corrected chi connectivity index (χ4v) is 3.53. The van der Waals surface area contributed by atoms with E-state index in [1.807, 2.05) is 13.8 Å². The lowest BCUT2D eigenvalue weighted by Gasteiger charge is -2.33. The van der Waals surface area contributed by atoms with Crippen molar-refractivity contribution in [1.82, 2.24) is 10.5 Å². The highest BCUT2D eigenvalue weighted by Crippen LogP contribution is 2.31. The maximum Gasteiger partial charge on any atom is 0.416 e. The predicted molar refractivity (Wildman–Crippen MR) is 106 cm³/mol. The summed E-state index contributed by atoms with van der Waals surface area (Å²) in [5.74, 6) is -0.456. The smallest absolute Gasteiger partial charge is 0.416 e. The quantitative estimate of drug-likeness (QED) is 0.481. The summed E-state index contributed by atoms with van der Waals surface area (Å²) in [4.78, 5) is 11.7. The molecule has 1 heterocycles. The topological polar surface area (TPSA) is 88.1 Å². The molecule has 1 fully saturated rings. The molecule has 2 unspecified atom stereocenters. The normalized spacial score (nSPS) is 18.5. The molecular weight excluding hydrogens is 425 g/mol. The summed E-state index contributed by atoms with van der Waals surface area (Å²) in [7, 11) is 0. The van der Waals surface area contributed by atoms with Gasteiger partial charge in [-0.25, -0.2) is 9.69 Å². The van der Waals surface area contributed by atoms with E-state index < -0.39 is 33.5 Å². The summed E-state index contributed by atoms with van der Waals surface area (Å²) in [6.45, 7) is 7.82. The average molecular weight is 455 g/mol. The number of carbonyl (C=O) groups excluding carboxylic acids is 1. The van der Waals surface area contributed by atoms with Gasteiger partial charge < -0.3 is 4.74 Å². The maximum absolute atomic E-state index is 12.6. The van der Waals surface area contributed by atoms with Crippen LogP contribution in [0.5, 0.6) is 5.75 Å². The molecule has 1 aliphatic heterocycles. The first kappa shape index (κ1) is 26.3. The van der Waals surface area contributed by atoms with E-state index in [1.54, 1.807) is 6.92 Å². The van der Waals surface area contributed by atoms with Crippen molar-refractivity contribution in [3.63, 3.8) is 0 Å². The third-order valence-electron chi connectivity index (χ3n) is 4.68. The number of nitrogens with zero attached hydrogens (tertiary/aromatic N) is 1. The molecule has 1 aromatic rings. The lowest BCUT2D eigenvalue weighted by molar-refractivity contribution is -0.137. The molecule has 0 aliphatic carbocycles. The molecule has 0 radical (unpaired) electrons. The lowest BCUT2D eigenvalue weighted by Crippen LogP contribution is -2.49. The van der Waals surface area contributed by atoms with Gasteiger partial charge in [-0.2, -0.15) is 22.5 Å². The highest BCUT2D eigenvalue weighted by molar-refractivity contribution is 7.82. The van der Waals surface area contributed by atoms with Crippen LogP contribution in [0.3, 0.4) is 0 Å². The Morgan fingerprint density at radius 3 is 2.20 bits per heavy atom. The second-order valence-corrected chi connectivity index (χ2v) is 8.12. The lowest BCUT2D eigenvalue weighted by atomic mass is 10.1. The van der Waals surface area contributed by atoms with E-state index >= 15 is 0 Å². The second kappa shape index (κ2) is 11.6. The number of carbonyl (C=O) groups is 1. The monoisotopic (exact) mass is 454 g/mol. The van der Waals surface area contributed by atoms with Crippen LogP contribution in [0, 0.1) is 0 Å². The van der Waals surface area contributed by atoms with E-state index in [-0.39, 0.29) is 12.5 Å². The van der Waals surface area contributed by atoms with Gasteiger partial charge >= 0.3 is 6.18 Å². The average Bonchev–Trinajstić information content (AvgIpc) is 2.75. The standard InChI is InChI=1S/C17H23F3N2O5S.C2H6/c1-3-16(2,15(23)21-24)28(25)27-22-10-8-14(9-11-22)26-13-6-4-12(5-7-13)17(18,19)20;1-2/h4-7,14,24H,3,8-11H2,1-2H3,(H,21,23);1-2H3. The van der Waals surface area contributed by atoms with Gasteiger partial charge in [-0.1, -0.05) is 20.8 Å². The van der Waals surface area contributed by atoms with Gasteiger partial charge in [0.25, 0.3) is 5.91 Å². The van der Waals surface area contributed by atoms with E-state index in [2.05, 4.69) is 0 Å². The summed E-state index contributed by atoms with van der Waals surface area (Å²) >= 11 is -2.00. The highest BCUT2D eigenvalue weighted by Gasteiger charge is 2.41. The van der Waals surface area contributed by atoms with Crippen LogP contribution >= 0.6 is 0 Å². The Hall–Kier alpha value is -1.69. The number of hydroxylamine groups is 3. The van der Waals surface area contributed by atoms with E-state index in [4.69, 9.17) is 14.2 Å². The highest BCUT2D eigenvalue weighted by atomic mass is 32.2. The molecular formula is C19H29F3N2O5S. The van der Waals surface area contributed by atoms with E-state index in [0.29, 0.717) is 31.7 Å². The first-order valence-corrected chi connectivity index (χ1v) is 10.8. The van der Waals surface area contributed by atoms with E-state index in [1.165, 1.54) is 29.6 Å². The third-order valence-corrected chi connectivity index (χ3v) is 6.24. The Kier molecular flexibility index (Phi) is 10.2. The Balaban J connectivity index is 0.00000218. The Morgan fingerprint density at radius 1 is 1.23 bits per heavy atom. The van der Waals surface area contributed by atoms with Crippen molar-refractivity contribution >= 4 is 17.0 Å². The van der Waals surface area contributed by atoms with E-state index in [9.17, 15) is 22.2 Å². The molecule has 1 aliphatic rings. The van der Waals surface area contributed by atoms with Crippen molar-refractivity contribution < 1.29 is 36.4 Å². The van der Waals surface area contributed by atoms with Gasteiger partial charge in [0.2, 0.25) is 0 Å². The van der Waals surface area contributed by atoms with Gasteiger partial charge in [0.05, 0.1) is 5.56 Å². The summed E-state index contributed by atoms with van der Waals surface area (Å²) in [6.07, 6.45) is -3.40. The minimum atomic E-state index is -4.39. The van der Waals surface area contributed by atoms with Crippen molar-refractivity contribution in [2.24, 2.45) is 0 Å². The van der Waals surface area contributed by atoms with Crippen molar-refractivity contribution in [3.05, 3.63) is 29.8 Å². The number of hydrogen-bond acceptors (Lipinski definition) is 6. The number of amides is 1. The molecule has 2 atom stereocenters. The van der Waals surface area contributed by atoms with Gasteiger partial charge in [0.1, 0.15) is 11.9 Å². The molecule has 0 saturated carbocycles. The van der Waals surface area contributed by atoms with Crippen LogP contribution in [0.4, 0.5) is 13.2 Å². The second-order valence-electron chi connectivity index (χ2n) is 6.60. The first-order valence-electron chi connectivity index (χ1n) is 9.74. The zero-order chi connectivity index (χ0) is 22.9. The van der Waals surface area contributed by atoms with Crippen molar-refractivity contribution in [3.8, 4) is 5.75 Å². The van der Waals surface area contributed by atoms with Crippen molar-refractivity contribution in [2.75, 3.05) is 13.1 Å². The molecule has 2 rings (SSSR count). The molecule has 7 nitrogen and oxygen atoms in total. The summed E-state index contributed by atoms with van der Waals surface area (Å²) in [5, 5.41) is 10.3. The zero-order valence-electron chi connectivity index (χ0n) is 17.5. The minimum Gasteiger partial charge on any atom is -0.490 e. The maximum atomic E-state index is 12.6. The summed E-state index contributed by atoms with van der Waals surface area (Å²) in [6, 6.07) is 4.49. The SMILES string of the molecule is CC.CCC(C)(C(=O)NO)S(=O)ON1CCC(Oc2ccc(C(F)(F)F)cc2)CC1. The number of piperidine rings is 1. The van der Waals surface area contributed by atoms with Crippen LogP contribution in [0.15, 0.2) is 24.3 Å². The number of benzene rings is 1. The minimum absolute atomic E-state index is 0.194. The number of alkyl halides is 3. The van der Waals surface area contributed by atoms with Crippen LogP contribution in [0.25, 0.3) is 0 Å². The van der Waals surface area contributed by atoms with Crippen LogP contribution in [0.2, 0.25) is 0 Å². The van der Waals surface area contributed by atoms with E-state index in [0.717, 1.165) is 12.1 Å². The van der Waals surface area contributed by atoms with Gasteiger partial charge in [0, 0.05) is 13.1 Å². The van der Waals surface area contributed by atoms with Gasteiger partial charge in [-0.15, -0.1) is 0 Å². The predicted octanol–water partition coefficient (Wildman–Crippen LogP) is 3.84. The zero-order valence-corrected chi connectivity index (χ0v) is 18.3. The number of nitrogens with one attached hydrogen (secondary N) is 1. The van der Waals surface area contributed by atoms with Gasteiger partial charge in [0.15, 0.2) is 15.8 Å². The van der Waals surface area contributed by atoms with Gasteiger partial charge in [-0.3, -0.25) is 10.0 Å². The molecule has 2 N–H and O–H groups in total. The molecule has 0 aromatic heterocycles. The molecule has 172 valence electrons. The first-order chi connectivity index (χ1) is 14.1. The fourth-order valence-electron chi connectivity index (χ4n) is 2.59.